The van der Waals surface area contributed by atoms with Crippen LogP contribution in [0.2, 0.25) is 0 Å². The predicted molar refractivity (Wildman–Crippen MR) is 98.3 cm³/mol. The molecular weight excluding hydrogens is 312 g/mol. The number of benzene rings is 1. The maximum atomic E-state index is 12.8. The number of methoxy groups -OCH3 is 1. The first-order valence-electron chi connectivity index (χ1n) is 9.71. The second-order valence-corrected chi connectivity index (χ2v) is 8.38. The maximum Gasteiger partial charge on any atom is 0.227 e. The first-order valence-corrected chi connectivity index (χ1v) is 9.71. The molecule has 1 spiro atoms. The summed E-state index contributed by atoms with van der Waals surface area (Å²) < 4.78 is 5.54. The average Bonchev–Trinajstić information content (AvgIpc) is 3.22. The van der Waals surface area contributed by atoms with Crippen LogP contribution in [0.5, 0.6) is 0 Å². The molecule has 2 atom stereocenters. The van der Waals surface area contributed by atoms with Crippen LogP contribution in [0, 0.1) is 17.3 Å². The summed E-state index contributed by atoms with van der Waals surface area (Å²) in [5, 5.41) is 0. The van der Waals surface area contributed by atoms with Gasteiger partial charge in [0.1, 0.15) is 0 Å². The molecule has 3 aliphatic rings. The van der Waals surface area contributed by atoms with Gasteiger partial charge >= 0.3 is 0 Å². The Bertz CT molecular complexity index is 601. The Balaban J connectivity index is 1.40. The third-order valence-corrected chi connectivity index (χ3v) is 6.40. The molecule has 1 aromatic rings. The highest BCUT2D eigenvalue weighted by atomic mass is 16.5. The highest BCUT2D eigenvalue weighted by Crippen LogP contribution is 2.45. The van der Waals surface area contributed by atoms with Crippen LogP contribution in [-0.4, -0.2) is 62.1 Å². The molecule has 4 nitrogen and oxygen atoms in total. The van der Waals surface area contributed by atoms with Gasteiger partial charge in [-0.3, -0.25) is 4.79 Å². The first-order chi connectivity index (χ1) is 12.2. The Morgan fingerprint density at radius 1 is 1.24 bits per heavy atom. The molecule has 1 amide bonds. The van der Waals surface area contributed by atoms with Gasteiger partial charge in [-0.2, -0.15) is 0 Å². The molecular formula is C21H30N2O2. The Hall–Kier alpha value is -1.39. The molecule has 2 saturated heterocycles. The highest BCUT2D eigenvalue weighted by molar-refractivity contribution is 5.79. The van der Waals surface area contributed by atoms with Crippen molar-refractivity contribution in [2.45, 2.75) is 25.7 Å². The van der Waals surface area contributed by atoms with Gasteiger partial charge in [-0.15, -0.1) is 0 Å². The van der Waals surface area contributed by atoms with E-state index in [4.69, 9.17) is 4.74 Å². The summed E-state index contributed by atoms with van der Waals surface area (Å²) in [6.45, 7) is 6.18. The smallest absolute Gasteiger partial charge is 0.227 e. The zero-order valence-electron chi connectivity index (χ0n) is 15.3. The SMILES string of the molecule is COC[C@@H]1CN(CC2CC2)C[C@@]12CCN(C(=O)Cc1ccccc1)C2. The van der Waals surface area contributed by atoms with Crippen LogP contribution in [0.15, 0.2) is 30.3 Å². The van der Waals surface area contributed by atoms with E-state index in [1.54, 1.807) is 0 Å². The second kappa shape index (κ2) is 7.08. The molecule has 1 saturated carbocycles. The van der Waals surface area contributed by atoms with Gasteiger partial charge < -0.3 is 14.5 Å². The van der Waals surface area contributed by atoms with Crippen LogP contribution in [-0.2, 0) is 16.0 Å². The first kappa shape index (κ1) is 17.0. The minimum atomic E-state index is 0.247. The number of nitrogens with zero attached hydrogens (tertiary/aromatic N) is 2. The Kier molecular flexibility index (Phi) is 4.83. The van der Waals surface area contributed by atoms with Crippen LogP contribution in [0.1, 0.15) is 24.8 Å². The lowest BCUT2D eigenvalue weighted by Gasteiger charge is -2.30. The molecule has 4 heteroatoms. The van der Waals surface area contributed by atoms with Crippen LogP contribution < -0.4 is 0 Å². The number of ether oxygens (including phenoxy) is 1. The van der Waals surface area contributed by atoms with Crippen LogP contribution in [0.25, 0.3) is 0 Å². The minimum absolute atomic E-state index is 0.247. The zero-order valence-corrected chi connectivity index (χ0v) is 15.3. The fourth-order valence-corrected chi connectivity index (χ4v) is 4.83. The number of amides is 1. The lowest BCUT2D eigenvalue weighted by molar-refractivity contribution is -0.130. The Morgan fingerprint density at radius 3 is 2.76 bits per heavy atom. The van der Waals surface area contributed by atoms with Gasteiger partial charge in [0.2, 0.25) is 5.91 Å². The van der Waals surface area contributed by atoms with E-state index < -0.39 is 0 Å². The summed E-state index contributed by atoms with van der Waals surface area (Å²) in [5.74, 6) is 1.77. The van der Waals surface area contributed by atoms with Crippen LogP contribution in [0.3, 0.4) is 0 Å². The standard InChI is InChI=1S/C21H30N2O2/c1-25-14-19-13-22(12-18-7-8-18)15-21(19)9-10-23(16-21)20(24)11-17-5-3-2-4-6-17/h2-6,18-19H,7-16H2,1H3/t19-,21+/m0/s1. The number of carbonyl (C=O) groups is 1. The van der Waals surface area contributed by atoms with Crippen molar-refractivity contribution in [1.29, 1.82) is 0 Å². The maximum absolute atomic E-state index is 12.8. The zero-order chi connectivity index (χ0) is 17.3. The van der Waals surface area contributed by atoms with Gasteiger partial charge in [0.15, 0.2) is 0 Å². The largest absolute Gasteiger partial charge is 0.384 e. The van der Waals surface area contributed by atoms with E-state index in [0.717, 1.165) is 50.7 Å². The topological polar surface area (TPSA) is 32.8 Å². The molecule has 0 N–H and O–H groups in total. The third kappa shape index (κ3) is 3.75. The molecule has 0 bridgehead atoms. The summed E-state index contributed by atoms with van der Waals surface area (Å²) >= 11 is 0. The van der Waals surface area contributed by atoms with Crippen molar-refractivity contribution < 1.29 is 9.53 Å². The van der Waals surface area contributed by atoms with Gasteiger partial charge in [-0.05, 0) is 30.7 Å². The van der Waals surface area contributed by atoms with Gasteiger partial charge in [-0.25, -0.2) is 0 Å². The molecule has 0 radical (unpaired) electrons. The van der Waals surface area contributed by atoms with E-state index in [2.05, 4.69) is 9.80 Å². The van der Waals surface area contributed by atoms with Gasteiger partial charge in [-0.1, -0.05) is 30.3 Å². The third-order valence-electron chi connectivity index (χ3n) is 6.40. The number of carbonyl (C=O) groups excluding carboxylic acids is 1. The summed E-state index contributed by atoms with van der Waals surface area (Å²) in [6.07, 6.45) is 4.46. The molecule has 1 aliphatic carbocycles. The van der Waals surface area contributed by atoms with Crippen molar-refractivity contribution in [3.05, 3.63) is 35.9 Å². The number of hydrogen-bond donors (Lipinski definition) is 0. The quantitative estimate of drug-likeness (QED) is 0.796. The van der Waals surface area contributed by atoms with E-state index in [9.17, 15) is 4.79 Å². The Morgan fingerprint density at radius 2 is 2.04 bits per heavy atom. The van der Waals surface area contributed by atoms with Crippen molar-refractivity contribution in [2.75, 3.05) is 46.4 Å². The molecule has 0 aromatic heterocycles. The summed E-state index contributed by atoms with van der Waals surface area (Å²) in [6, 6.07) is 10.1. The molecule has 3 fully saturated rings. The van der Waals surface area contributed by atoms with Crippen molar-refractivity contribution in [1.82, 2.24) is 9.80 Å². The van der Waals surface area contributed by atoms with E-state index in [0.29, 0.717) is 12.3 Å². The molecule has 25 heavy (non-hydrogen) atoms. The summed E-state index contributed by atoms with van der Waals surface area (Å²) in [4.78, 5) is 17.5. The molecule has 2 heterocycles. The van der Waals surface area contributed by atoms with Gasteiger partial charge in [0.25, 0.3) is 0 Å². The van der Waals surface area contributed by atoms with Crippen molar-refractivity contribution in [3.8, 4) is 0 Å². The second-order valence-electron chi connectivity index (χ2n) is 8.38. The molecule has 2 aliphatic heterocycles. The fraction of sp³-hybridized carbons (Fsp3) is 0.667. The Labute approximate surface area is 151 Å². The molecule has 4 rings (SSSR count). The molecule has 136 valence electrons. The number of likely N-dealkylation sites (tertiary alicyclic amines) is 2. The van der Waals surface area contributed by atoms with E-state index in [1.807, 2.05) is 37.4 Å². The highest BCUT2D eigenvalue weighted by Gasteiger charge is 2.51. The normalized spacial score (nSPS) is 29.6. The van der Waals surface area contributed by atoms with Crippen molar-refractivity contribution in [3.63, 3.8) is 0 Å². The van der Waals surface area contributed by atoms with Crippen LogP contribution in [0.4, 0.5) is 0 Å². The van der Waals surface area contributed by atoms with Crippen molar-refractivity contribution in [2.24, 2.45) is 17.3 Å². The van der Waals surface area contributed by atoms with E-state index in [1.165, 1.54) is 19.4 Å². The lowest BCUT2D eigenvalue weighted by Crippen LogP contribution is -2.38. The fourth-order valence-electron chi connectivity index (χ4n) is 4.83. The van der Waals surface area contributed by atoms with E-state index in [-0.39, 0.29) is 11.3 Å². The van der Waals surface area contributed by atoms with Crippen LogP contribution >= 0.6 is 0 Å². The minimum Gasteiger partial charge on any atom is -0.384 e. The number of hydrogen-bond acceptors (Lipinski definition) is 3. The molecule has 1 aromatic carbocycles. The summed E-state index contributed by atoms with van der Waals surface area (Å²) in [5.41, 5.74) is 1.36. The van der Waals surface area contributed by atoms with Gasteiger partial charge in [0, 0.05) is 51.2 Å². The average molecular weight is 342 g/mol. The lowest BCUT2D eigenvalue weighted by atomic mass is 9.77. The molecule has 0 unspecified atom stereocenters. The van der Waals surface area contributed by atoms with Gasteiger partial charge in [0.05, 0.1) is 13.0 Å². The monoisotopic (exact) mass is 342 g/mol. The van der Waals surface area contributed by atoms with Crippen molar-refractivity contribution >= 4 is 5.91 Å². The number of rotatable bonds is 6. The summed E-state index contributed by atoms with van der Waals surface area (Å²) in [7, 11) is 1.81. The van der Waals surface area contributed by atoms with E-state index >= 15 is 0 Å². The predicted octanol–water partition coefficient (Wildman–Crippen LogP) is 2.44.